The van der Waals surface area contributed by atoms with Gasteiger partial charge < -0.3 is 11.1 Å². The van der Waals surface area contributed by atoms with E-state index in [1.165, 1.54) is 12.4 Å². The molecule has 0 aliphatic heterocycles. The fourth-order valence-corrected chi connectivity index (χ4v) is 1.12. The molecule has 0 bridgehead atoms. The molecule has 8 heteroatoms. The Morgan fingerprint density at radius 3 is 2.56 bits per heavy atom. The molecule has 1 aromatic rings. The van der Waals surface area contributed by atoms with Crippen LogP contribution in [0.5, 0.6) is 0 Å². The molecule has 0 amide bonds. The maximum absolute atomic E-state index is 11.9. The quantitative estimate of drug-likeness (QED) is 0.792. The third-order valence-electron chi connectivity index (χ3n) is 1.63. The normalized spacial score (nSPS) is 11.2. The van der Waals surface area contributed by atoms with Crippen LogP contribution in [0.15, 0.2) is 12.4 Å². The number of aromatic nitrogens is 2. The highest BCUT2D eigenvalue weighted by atomic mass is 32.1. The Morgan fingerprint density at radius 1 is 1.38 bits per heavy atom. The molecule has 0 aromatic carbocycles. The van der Waals surface area contributed by atoms with Crippen molar-refractivity contribution in [3.8, 4) is 0 Å². The van der Waals surface area contributed by atoms with Gasteiger partial charge in [-0.2, -0.15) is 13.2 Å². The number of thiocarbonyl (C=S) groups is 1. The Balaban J connectivity index is 2.64. The molecule has 88 valence electrons. The van der Waals surface area contributed by atoms with Gasteiger partial charge in [0.05, 0.1) is 6.42 Å². The molecule has 1 aromatic heterocycles. The molecule has 4 nitrogen and oxygen atoms in total. The smallest absolute Gasteiger partial charge is 0.388 e. The van der Waals surface area contributed by atoms with Gasteiger partial charge in [0.1, 0.15) is 10.7 Å². The number of alkyl halides is 3. The summed E-state index contributed by atoms with van der Waals surface area (Å²) in [6.45, 7) is -0.294. The number of rotatable bonds is 4. The summed E-state index contributed by atoms with van der Waals surface area (Å²) in [6.07, 6.45) is -2.46. The summed E-state index contributed by atoms with van der Waals surface area (Å²) in [6, 6.07) is 0. The number of anilines is 1. The second kappa shape index (κ2) is 5.06. The number of hydrogen-bond acceptors (Lipinski definition) is 4. The maximum Gasteiger partial charge on any atom is 0.390 e. The Morgan fingerprint density at radius 2 is 2.00 bits per heavy atom. The van der Waals surface area contributed by atoms with Crippen LogP contribution in [0, 0.1) is 0 Å². The van der Waals surface area contributed by atoms with Crippen LogP contribution >= 0.6 is 12.2 Å². The first-order valence-corrected chi connectivity index (χ1v) is 4.72. The lowest BCUT2D eigenvalue weighted by molar-refractivity contribution is -0.131. The second-order valence-electron chi connectivity index (χ2n) is 2.91. The predicted molar refractivity (Wildman–Crippen MR) is 57.1 cm³/mol. The van der Waals surface area contributed by atoms with E-state index in [1.807, 2.05) is 0 Å². The van der Waals surface area contributed by atoms with Crippen LogP contribution in [0.2, 0.25) is 0 Å². The van der Waals surface area contributed by atoms with E-state index in [-0.39, 0.29) is 23.0 Å². The Bertz CT molecular complexity index is 380. The first-order valence-electron chi connectivity index (χ1n) is 4.31. The zero-order valence-corrected chi connectivity index (χ0v) is 8.90. The summed E-state index contributed by atoms with van der Waals surface area (Å²) in [7, 11) is 0. The van der Waals surface area contributed by atoms with Gasteiger partial charge in [0, 0.05) is 18.9 Å². The fraction of sp³-hybridized carbons (Fsp3) is 0.375. The predicted octanol–water partition coefficient (Wildman–Crippen LogP) is 1.48. The largest absolute Gasteiger partial charge is 0.390 e. The van der Waals surface area contributed by atoms with Gasteiger partial charge in [0.2, 0.25) is 0 Å². The molecule has 0 unspecified atom stereocenters. The summed E-state index contributed by atoms with van der Waals surface area (Å²) in [5.41, 5.74) is 5.53. The van der Waals surface area contributed by atoms with Gasteiger partial charge in [-0.25, -0.2) is 9.97 Å². The first kappa shape index (κ1) is 12.6. The van der Waals surface area contributed by atoms with Gasteiger partial charge in [0.25, 0.3) is 0 Å². The van der Waals surface area contributed by atoms with Gasteiger partial charge in [-0.3, -0.25) is 0 Å². The summed E-state index contributed by atoms with van der Waals surface area (Å²) >= 11 is 4.69. The zero-order chi connectivity index (χ0) is 12.2. The minimum absolute atomic E-state index is 0.0115. The van der Waals surface area contributed by atoms with Gasteiger partial charge in [-0.05, 0) is 0 Å². The fourth-order valence-electron chi connectivity index (χ4n) is 0.970. The highest BCUT2D eigenvalue weighted by Gasteiger charge is 2.26. The lowest BCUT2D eigenvalue weighted by Crippen LogP contribution is -2.19. The Labute approximate surface area is 95.1 Å². The standard InChI is InChI=1S/C8H9F3N4S/c9-8(10,11)1-2-14-7-5(6(12)16)13-3-4-15-7/h3-4H,1-2H2,(H2,12,16)(H,14,15). The van der Waals surface area contributed by atoms with Crippen LogP contribution in [0.1, 0.15) is 12.1 Å². The first-order chi connectivity index (χ1) is 7.40. The van der Waals surface area contributed by atoms with E-state index < -0.39 is 12.6 Å². The third-order valence-corrected chi connectivity index (χ3v) is 1.83. The number of nitrogens with one attached hydrogen (secondary N) is 1. The minimum atomic E-state index is -4.21. The monoisotopic (exact) mass is 250 g/mol. The van der Waals surface area contributed by atoms with E-state index in [0.717, 1.165) is 0 Å². The number of nitrogens with zero attached hydrogens (tertiary/aromatic N) is 2. The molecular weight excluding hydrogens is 241 g/mol. The molecule has 0 saturated heterocycles. The molecule has 0 saturated carbocycles. The molecule has 1 rings (SSSR count). The van der Waals surface area contributed by atoms with Gasteiger partial charge in [-0.15, -0.1) is 0 Å². The average Bonchev–Trinajstić information content (AvgIpc) is 2.16. The zero-order valence-electron chi connectivity index (χ0n) is 8.08. The van der Waals surface area contributed by atoms with Crippen molar-refractivity contribution in [3.05, 3.63) is 18.1 Å². The van der Waals surface area contributed by atoms with Crippen molar-refractivity contribution in [2.75, 3.05) is 11.9 Å². The minimum Gasteiger partial charge on any atom is -0.388 e. The van der Waals surface area contributed by atoms with Crippen molar-refractivity contribution >= 4 is 23.0 Å². The summed E-state index contributed by atoms with van der Waals surface area (Å²) in [5.74, 6) is 0.166. The van der Waals surface area contributed by atoms with Gasteiger partial charge in [0.15, 0.2) is 5.82 Å². The molecular formula is C8H9F3N4S. The summed E-state index contributed by atoms with van der Waals surface area (Å²) in [4.78, 5) is 7.62. The Hall–Kier alpha value is -1.44. The highest BCUT2D eigenvalue weighted by molar-refractivity contribution is 7.80. The van der Waals surface area contributed by atoms with E-state index in [2.05, 4.69) is 27.5 Å². The van der Waals surface area contributed by atoms with E-state index in [0.29, 0.717) is 0 Å². The van der Waals surface area contributed by atoms with Crippen LogP contribution in [0.25, 0.3) is 0 Å². The molecule has 0 spiro atoms. The number of nitrogens with two attached hydrogens (primary N) is 1. The molecule has 0 fully saturated rings. The molecule has 16 heavy (non-hydrogen) atoms. The topological polar surface area (TPSA) is 63.8 Å². The molecule has 0 aliphatic carbocycles. The average molecular weight is 250 g/mol. The van der Waals surface area contributed by atoms with E-state index in [1.54, 1.807) is 0 Å². The molecule has 0 radical (unpaired) electrons. The van der Waals surface area contributed by atoms with Gasteiger partial charge >= 0.3 is 6.18 Å². The van der Waals surface area contributed by atoms with Crippen molar-refractivity contribution in [1.82, 2.24) is 9.97 Å². The maximum atomic E-state index is 11.9. The Kier molecular flexibility index (Phi) is 3.99. The van der Waals surface area contributed by atoms with Crippen molar-refractivity contribution < 1.29 is 13.2 Å². The molecule has 0 atom stereocenters. The lowest BCUT2D eigenvalue weighted by Gasteiger charge is -2.10. The van der Waals surface area contributed by atoms with Crippen LogP contribution in [-0.2, 0) is 0 Å². The molecule has 1 heterocycles. The number of halogens is 3. The summed E-state index contributed by atoms with van der Waals surface area (Å²) in [5, 5.41) is 2.49. The van der Waals surface area contributed by atoms with Crippen LogP contribution in [0.3, 0.4) is 0 Å². The van der Waals surface area contributed by atoms with E-state index in [4.69, 9.17) is 5.73 Å². The lowest BCUT2D eigenvalue weighted by atomic mass is 10.3. The van der Waals surface area contributed by atoms with Crippen LogP contribution < -0.4 is 11.1 Å². The second-order valence-corrected chi connectivity index (χ2v) is 3.35. The SMILES string of the molecule is NC(=S)c1nccnc1NCCC(F)(F)F. The van der Waals surface area contributed by atoms with Crippen LogP contribution in [0.4, 0.5) is 19.0 Å². The molecule has 0 aliphatic rings. The van der Waals surface area contributed by atoms with Gasteiger partial charge in [-0.1, -0.05) is 12.2 Å². The van der Waals surface area contributed by atoms with E-state index >= 15 is 0 Å². The van der Waals surface area contributed by atoms with Crippen molar-refractivity contribution in [2.45, 2.75) is 12.6 Å². The summed E-state index contributed by atoms with van der Waals surface area (Å²) < 4.78 is 35.7. The van der Waals surface area contributed by atoms with Crippen molar-refractivity contribution in [1.29, 1.82) is 0 Å². The van der Waals surface area contributed by atoms with Crippen molar-refractivity contribution in [3.63, 3.8) is 0 Å². The number of hydrogen-bond donors (Lipinski definition) is 2. The molecule has 3 N–H and O–H groups in total. The third kappa shape index (κ3) is 3.97. The van der Waals surface area contributed by atoms with Crippen LogP contribution in [-0.4, -0.2) is 27.7 Å². The van der Waals surface area contributed by atoms with Crippen molar-refractivity contribution in [2.24, 2.45) is 5.73 Å². The highest BCUT2D eigenvalue weighted by Crippen LogP contribution is 2.19. The van der Waals surface area contributed by atoms with E-state index in [9.17, 15) is 13.2 Å².